The van der Waals surface area contributed by atoms with Crippen LogP contribution in [0, 0.1) is 13.8 Å². The molecule has 0 amide bonds. The molecule has 29 heavy (non-hydrogen) atoms. The van der Waals surface area contributed by atoms with Gasteiger partial charge in [-0.25, -0.2) is 9.59 Å². The topological polar surface area (TPSA) is 128 Å². The van der Waals surface area contributed by atoms with Crippen molar-refractivity contribution in [2.75, 3.05) is 13.2 Å². The van der Waals surface area contributed by atoms with Crippen molar-refractivity contribution in [1.82, 2.24) is 18.3 Å². The molecule has 2 N–H and O–H groups in total. The van der Waals surface area contributed by atoms with Crippen LogP contribution in [-0.2, 0) is 26.2 Å². The minimum Gasteiger partial charge on any atom is -0.395 e. The van der Waals surface area contributed by atoms with Gasteiger partial charge in [0, 0.05) is 36.6 Å². The fraction of sp³-hybridized carbons (Fsp3) is 0.579. The van der Waals surface area contributed by atoms with E-state index in [1.54, 1.807) is 13.8 Å². The van der Waals surface area contributed by atoms with E-state index in [2.05, 4.69) is 0 Å². The minimum absolute atomic E-state index is 0.126. The molecule has 0 atom stereocenters. The highest BCUT2D eigenvalue weighted by Crippen LogP contribution is 1.99. The molecule has 0 aliphatic rings. The van der Waals surface area contributed by atoms with E-state index < -0.39 is 11.4 Å². The molecule has 0 fully saturated rings. The Bertz CT molecular complexity index is 991. The molecule has 160 valence electrons. The third kappa shape index (κ3) is 5.21. The lowest BCUT2D eigenvalue weighted by atomic mass is 10.2. The van der Waals surface area contributed by atoms with Crippen molar-refractivity contribution >= 4 is 0 Å². The van der Waals surface area contributed by atoms with E-state index in [-0.39, 0.29) is 50.5 Å². The quantitative estimate of drug-likeness (QED) is 0.476. The number of nitrogens with zero attached hydrogens (tertiary/aromatic N) is 4. The number of aromatic nitrogens is 4. The first-order valence-corrected chi connectivity index (χ1v) is 9.66. The van der Waals surface area contributed by atoms with Gasteiger partial charge in [0.05, 0.1) is 26.3 Å². The smallest absolute Gasteiger partial charge is 0.331 e. The molecule has 0 saturated heterocycles. The Balaban J connectivity index is 2.03. The summed E-state index contributed by atoms with van der Waals surface area (Å²) in [6.45, 7) is 3.60. The zero-order chi connectivity index (χ0) is 21.6. The fourth-order valence-corrected chi connectivity index (χ4v) is 3.32. The van der Waals surface area contributed by atoms with E-state index >= 15 is 0 Å². The van der Waals surface area contributed by atoms with Gasteiger partial charge in [-0.2, -0.15) is 0 Å². The maximum absolute atomic E-state index is 12.4. The third-order valence-corrected chi connectivity index (χ3v) is 4.88. The van der Waals surface area contributed by atoms with Gasteiger partial charge in [0.1, 0.15) is 0 Å². The van der Waals surface area contributed by atoms with Crippen LogP contribution in [0.25, 0.3) is 0 Å². The summed E-state index contributed by atoms with van der Waals surface area (Å²) in [5.41, 5.74) is -0.672. The lowest BCUT2D eigenvalue weighted by Gasteiger charge is -2.13. The first-order chi connectivity index (χ1) is 13.8. The second-order valence-corrected chi connectivity index (χ2v) is 6.93. The van der Waals surface area contributed by atoms with Crippen LogP contribution in [0.5, 0.6) is 0 Å². The maximum atomic E-state index is 12.4. The zero-order valence-corrected chi connectivity index (χ0v) is 16.8. The van der Waals surface area contributed by atoms with Crippen molar-refractivity contribution in [3.63, 3.8) is 0 Å². The van der Waals surface area contributed by atoms with Crippen LogP contribution in [-0.4, -0.2) is 41.7 Å². The lowest BCUT2D eigenvalue weighted by molar-refractivity contribution is 0.269. The SMILES string of the molecule is Cc1cc(=O)n(CCCCCn2c(=O)cc(C)n(CCO)c2=O)c(=O)n1CCO. The van der Waals surface area contributed by atoms with Crippen molar-refractivity contribution in [3.8, 4) is 0 Å². The molecule has 0 aliphatic heterocycles. The summed E-state index contributed by atoms with van der Waals surface area (Å²) in [6.07, 6.45) is 1.67. The summed E-state index contributed by atoms with van der Waals surface area (Å²) in [4.78, 5) is 49.0. The van der Waals surface area contributed by atoms with E-state index in [1.165, 1.54) is 21.3 Å². The number of hydrogen-bond acceptors (Lipinski definition) is 6. The summed E-state index contributed by atoms with van der Waals surface area (Å²) in [7, 11) is 0. The largest absolute Gasteiger partial charge is 0.395 e. The van der Waals surface area contributed by atoms with Gasteiger partial charge in [0.25, 0.3) is 11.1 Å². The molecular formula is C19H28N4O6. The highest BCUT2D eigenvalue weighted by molar-refractivity contribution is 5.01. The molecule has 0 spiro atoms. The van der Waals surface area contributed by atoms with E-state index in [1.807, 2.05) is 0 Å². The predicted octanol–water partition coefficient (Wildman–Crippen LogP) is -1.19. The average molecular weight is 408 g/mol. The summed E-state index contributed by atoms with van der Waals surface area (Å²) in [6, 6.07) is 2.74. The third-order valence-electron chi connectivity index (χ3n) is 4.88. The van der Waals surface area contributed by atoms with Gasteiger partial charge in [-0.05, 0) is 33.1 Å². The van der Waals surface area contributed by atoms with Gasteiger partial charge < -0.3 is 10.2 Å². The van der Waals surface area contributed by atoms with Gasteiger partial charge in [-0.15, -0.1) is 0 Å². The fourth-order valence-electron chi connectivity index (χ4n) is 3.32. The molecule has 2 aromatic rings. The van der Waals surface area contributed by atoms with Crippen molar-refractivity contribution in [2.24, 2.45) is 0 Å². The second-order valence-electron chi connectivity index (χ2n) is 6.93. The van der Waals surface area contributed by atoms with Crippen molar-refractivity contribution in [1.29, 1.82) is 0 Å². The van der Waals surface area contributed by atoms with E-state index in [0.717, 1.165) is 9.13 Å². The molecule has 0 aliphatic carbocycles. The van der Waals surface area contributed by atoms with Crippen molar-refractivity contribution in [2.45, 2.75) is 59.3 Å². The Morgan fingerprint density at radius 3 is 1.34 bits per heavy atom. The number of rotatable bonds is 10. The van der Waals surface area contributed by atoms with Crippen LogP contribution < -0.4 is 22.5 Å². The van der Waals surface area contributed by atoms with E-state index in [0.29, 0.717) is 30.7 Å². The van der Waals surface area contributed by atoms with Gasteiger partial charge >= 0.3 is 11.4 Å². The standard InChI is InChI=1S/C19H28N4O6/c1-14-12-16(26)22(18(28)20(14)8-10-24)6-4-3-5-7-23-17(27)13-15(2)21(9-11-25)19(23)29/h12-13,24-25H,3-11H2,1-2H3. The molecule has 10 heteroatoms. The Labute approximate surface area is 166 Å². The molecular weight excluding hydrogens is 380 g/mol. The first-order valence-electron chi connectivity index (χ1n) is 9.66. The second kappa shape index (κ2) is 10.2. The Morgan fingerprint density at radius 1 is 0.621 bits per heavy atom. The highest BCUT2D eigenvalue weighted by Gasteiger charge is 2.10. The molecule has 0 bridgehead atoms. The molecule has 2 heterocycles. The van der Waals surface area contributed by atoms with Gasteiger partial charge in [-0.1, -0.05) is 0 Å². The molecule has 2 aromatic heterocycles. The van der Waals surface area contributed by atoms with Crippen LogP contribution in [0.3, 0.4) is 0 Å². The van der Waals surface area contributed by atoms with Crippen molar-refractivity contribution < 1.29 is 10.2 Å². The predicted molar refractivity (Wildman–Crippen MR) is 107 cm³/mol. The Morgan fingerprint density at radius 2 is 1.00 bits per heavy atom. The Kier molecular flexibility index (Phi) is 7.91. The number of aliphatic hydroxyl groups excluding tert-OH is 2. The summed E-state index contributed by atoms with van der Waals surface area (Å²) >= 11 is 0. The van der Waals surface area contributed by atoms with Gasteiger partial charge in [-0.3, -0.25) is 27.9 Å². The van der Waals surface area contributed by atoms with Crippen LogP contribution >= 0.6 is 0 Å². The molecule has 10 nitrogen and oxygen atoms in total. The first kappa shape index (κ1) is 22.6. The number of aliphatic hydroxyl groups is 2. The summed E-state index contributed by atoms with van der Waals surface area (Å²) < 4.78 is 4.98. The van der Waals surface area contributed by atoms with Crippen LogP contribution in [0.2, 0.25) is 0 Å². The molecule has 0 radical (unpaired) electrons. The average Bonchev–Trinajstić information content (AvgIpc) is 2.66. The minimum atomic E-state index is -0.453. The van der Waals surface area contributed by atoms with E-state index in [4.69, 9.17) is 10.2 Å². The molecule has 0 unspecified atom stereocenters. The summed E-state index contributed by atoms with van der Waals surface area (Å²) in [5.74, 6) is 0. The number of unbranched alkanes of at least 4 members (excludes halogenated alkanes) is 2. The lowest BCUT2D eigenvalue weighted by Crippen LogP contribution is -2.41. The number of hydrogen-bond donors (Lipinski definition) is 2. The maximum Gasteiger partial charge on any atom is 0.331 e. The Hall–Kier alpha value is -2.72. The van der Waals surface area contributed by atoms with Crippen LogP contribution in [0.4, 0.5) is 0 Å². The number of aryl methyl sites for hydroxylation is 2. The monoisotopic (exact) mass is 408 g/mol. The van der Waals surface area contributed by atoms with Gasteiger partial charge in [0.2, 0.25) is 0 Å². The van der Waals surface area contributed by atoms with Crippen molar-refractivity contribution in [3.05, 3.63) is 65.2 Å². The zero-order valence-electron chi connectivity index (χ0n) is 16.8. The highest BCUT2D eigenvalue weighted by atomic mass is 16.3. The molecule has 2 rings (SSSR count). The molecule has 0 saturated carbocycles. The molecule has 0 aromatic carbocycles. The van der Waals surface area contributed by atoms with E-state index in [9.17, 15) is 19.2 Å². The normalized spacial score (nSPS) is 11.2. The van der Waals surface area contributed by atoms with Gasteiger partial charge in [0.15, 0.2) is 0 Å². The van der Waals surface area contributed by atoms with Crippen LogP contribution in [0.1, 0.15) is 30.7 Å². The summed E-state index contributed by atoms with van der Waals surface area (Å²) in [5, 5.41) is 18.2. The van der Waals surface area contributed by atoms with Crippen LogP contribution in [0.15, 0.2) is 31.3 Å².